The summed E-state index contributed by atoms with van der Waals surface area (Å²) in [5, 5.41) is 15.7. The Balaban J connectivity index is 0.00000169. The molecule has 26 heavy (non-hydrogen) atoms. The van der Waals surface area contributed by atoms with Crippen LogP contribution in [0.15, 0.2) is 34.9 Å². The van der Waals surface area contributed by atoms with E-state index in [2.05, 4.69) is 15.6 Å². The number of hydrogen-bond donors (Lipinski definition) is 3. The summed E-state index contributed by atoms with van der Waals surface area (Å²) in [5.41, 5.74) is 2.17. The van der Waals surface area contributed by atoms with Gasteiger partial charge in [0, 0.05) is 44.0 Å². The molecule has 0 radical (unpaired) electrons. The highest BCUT2D eigenvalue weighted by Crippen LogP contribution is 2.21. The molecule has 1 aromatic carbocycles. The summed E-state index contributed by atoms with van der Waals surface area (Å²) in [4.78, 5) is 16.2. The first kappa shape index (κ1) is 22.4. The fraction of sp³-hybridized carbons (Fsp3) is 0.444. The predicted octanol–water partition coefficient (Wildman–Crippen LogP) is 2.12. The van der Waals surface area contributed by atoms with Crippen LogP contribution >= 0.6 is 24.8 Å². The van der Waals surface area contributed by atoms with E-state index in [1.807, 2.05) is 31.2 Å². The Bertz CT molecular complexity index is 691. The van der Waals surface area contributed by atoms with E-state index in [1.165, 1.54) is 5.56 Å². The fourth-order valence-electron chi connectivity index (χ4n) is 2.76. The number of β-amino-alcohol motifs (C(OH)–C–C–N with tert-alkyl or cyclic N) is 1. The number of rotatable bonds is 6. The Morgan fingerprint density at radius 3 is 2.69 bits per heavy atom. The number of carbonyl (C=O) groups excluding carboxylic acids is 1. The zero-order chi connectivity index (χ0) is 16.9. The van der Waals surface area contributed by atoms with Crippen LogP contribution in [0.2, 0.25) is 0 Å². The Labute approximate surface area is 165 Å². The summed E-state index contributed by atoms with van der Waals surface area (Å²) in [6.45, 7) is 3.86. The zero-order valence-electron chi connectivity index (χ0n) is 14.6. The van der Waals surface area contributed by atoms with Crippen molar-refractivity contribution in [2.24, 2.45) is 5.92 Å². The monoisotopic (exact) mass is 401 g/mol. The van der Waals surface area contributed by atoms with E-state index in [4.69, 9.17) is 4.42 Å². The number of benzene rings is 1. The molecule has 2 atom stereocenters. The highest BCUT2D eigenvalue weighted by molar-refractivity contribution is 5.85. The second-order valence-corrected chi connectivity index (χ2v) is 6.27. The average molecular weight is 402 g/mol. The number of halogens is 2. The summed E-state index contributed by atoms with van der Waals surface area (Å²) in [6, 6.07) is 8.04. The van der Waals surface area contributed by atoms with E-state index < -0.39 is 0 Å². The molecule has 144 valence electrons. The zero-order valence-corrected chi connectivity index (χ0v) is 16.2. The lowest BCUT2D eigenvalue weighted by Crippen LogP contribution is -2.34. The van der Waals surface area contributed by atoms with Gasteiger partial charge >= 0.3 is 0 Å². The largest absolute Gasteiger partial charge is 0.441 e. The molecule has 6 nitrogen and oxygen atoms in total. The fourth-order valence-corrected chi connectivity index (χ4v) is 2.76. The maximum Gasteiger partial charge on any atom is 0.220 e. The molecule has 1 amide bonds. The predicted molar refractivity (Wildman–Crippen MR) is 105 cm³/mol. The quantitative estimate of drug-likeness (QED) is 0.689. The van der Waals surface area contributed by atoms with Crippen LogP contribution in [0.4, 0.5) is 0 Å². The minimum Gasteiger partial charge on any atom is -0.441 e. The van der Waals surface area contributed by atoms with Crippen LogP contribution in [-0.2, 0) is 11.2 Å². The number of aliphatic hydroxyl groups is 1. The minimum absolute atomic E-state index is 0. The molecule has 0 saturated carbocycles. The van der Waals surface area contributed by atoms with Crippen molar-refractivity contribution in [3.05, 3.63) is 41.9 Å². The molecule has 8 heteroatoms. The first-order valence-corrected chi connectivity index (χ1v) is 8.29. The minimum atomic E-state index is -0.380. The van der Waals surface area contributed by atoms with Crippen molar-refractivity contribution in [1.29, 1.82) is 0 Å². The van der Waals surface area contributed by atoms with Crippen LogP contribution in [0.1, 0.15) is 17.9 Å². The lowest BCUT2D eigenvalue weighted by molar-refractivity contribution is -0.121. The summed E-state index contributed by atoms with van der Waals surface area (Å²) >= 11 is 0. The Morgan fingerprint density at radius 1 is 1.31 bits per heavy atom. The number of aryl methyl sites for hydroxylation is 2. The number of amides is 1. The van der Waals surface area contributed by atoms with Gasteiger partial charge in [-0.3, -0.25) is 4.79 Å². The summed E-state index contributed by atoms with van der Waals surface area (Å²) in [6.07, 6.45) is 2.10. The van der Waals surface area contributed by atoms with Gasteiger partial charge in [-0.1, -0.05) is 29.8 Å². The molecule has 1 saturated heterocycles. The first-order valence-electron chi connectivity index (χ1n) is 8.29. The van der Waals surface area contributed by atoms with E-state index in [-0.39, 0.29) is 42.7 Å². The second kappa shape index (κ2) is 10.5. The maximum absolute atomic E-state index is 11.9. The molecule has 0 bridgehead atoms. The highest BCUT2D eigenvalue weighted by Gasteiger charge is 2.24. The van der Waals surface area contributed by atoms with E-state index in [1.54, 1.807) is 6.20 Å². The number of carbonyl (C=O) groups is 1. The Hall–Kier alpha value is -1.60. The number of nitrogens with zero attached hydrogens (tertiary/aromatic N) is 1. The summed E-state index contributed by atoms with van der Waals surface area (Å²) in [5.74, 6) is 1.31. The molecular formula is C18H25Cl2N3O3. The van der Waals surface area contributed by atoms with Gasteiger partial charge in [0.2, 0.25) is 5.91 Å². The van der Waals surface area contributed by atoms with Gasteiger partial charge in [0.25, 0.3) is 0 Å². The molecule has 0 aliphatic carbocycles. The maximum atomic E-state index is 11.9. The number of oxazole rings is 1. The van der Waals surface area contributed by atoms with Crippen molar-refractivity contribution in [3.63, 3.8) is 0 Å². The number of hydrogen-bond acceptors (Lipinski definition) is 5. The highest BCUT2D eigenvalue weighted by atomic mass is 35.5. The first-order chi connectivity index (χ1) is 11.6. The molecule has 3 rings (SSSR count). The van der Waals surface area contributed by atoms with Crippen molar-refractivity contribution >= 4 is 30.7 Å². The van der Waals surface area contributed by atoms with E-state index in [0.29, 0.717) is 37.6 Å². The van der Waals surface area contributed by atoms with Crippen LogP contribution in [-0.4, -0.2) is 41.7 Å². The molecule has 1 aliphatic rings. The van der Waals surface area contributed by atoms with E-state index >= 15 is 0 Å². The SMILES string of the molecule is Cc1ccc(-c2cnc(CCC(=O)NCC3CNCC3O)o2)cc1.Cl.Cl. The summed E-state index contributed by atoms with van der Waals surface area (Å²) in [7, 11) is 0. The van der Waals surface area contributed by atoms with Crippen molar-refractivity contribution < 1.29 is 14.3 Å². The molecule has 1 fully saturated rings. The third-order valence-electron chi connectivity index (χ3n) is 4.32. The standard InChI is InChI=1S/C18H23N3O3.2ClH/c1-12-2-4-13(5-3-12)16-11-21-18(24-16)7-6-17(23)20-9-14-8-19-10-15(14)22;;/h2-5,11,14-15,19,22H,6-10H2,1H3,(H,20,23);2*1H. The van der Waals surface area contributed by atoms with Gasteiger partial charge in [-0.05, 0) is 6.92 Å². The molecule has 2 heterocycles. The van der Waals surface area contributed by atoms with Gasteiger partial charge in [-0.2, -0.15) is 0 Å². The second-order valence-electron chi connectivity index (χ2n) is 6.27. The third kappa shape index (κ3) is 5.99. The van der Waals surface area contributed by atoms with Crippen molar-refractivity contribution in [1.82, 2.24) is 15.6 Å². The lowest BCUT2D eigenvalue weighted by Gasteiger charge is -2.13. The smallest absolute Gasteiger partial charge is 0.220 e. The number of aromatic nitrogens is 1. The van der Waals surface area contributed by atoms with Gasteiger partial charge in [0.05, 0.1) is 12.3 Å². The van der Waals surface area contributed by atoms with Gasteiger partial charge in [-0.25, -0.2) is 4.98 Å². The van der Waals surface area contributed by atoms with Gasteiger partial charge < -0.3 is 20.2 Å². The average Bonchev–Trinajstić information content (AvgIpc) is 3.21. The van der Waals surface area contributed by atoms with Crippen LogP contribution in [0, 0.1) is 12.8 Å². The van der Waals surface area contributed by atoms with E-state index in [0.717, 1.165) is 12.1 Å². The van der Waals surface area contributed by atoms with Gasteiger partial charge in [0.15, 0.2) is 11.7 Å². The molecule has 1 aromatic heterocycles. The third-order valence-corrected chi connectivity index (χ3v) is 4.32. The Morgan fingerprint density at radius 2 is 2.04 bits per heavy atom. The lowest BCUT2D eigenvalue weighted by atomic mass is 10.1. The summed E-state index contributed by atoms with van der Waals surface area (Å²) < 4.78 is 5.71. The molecule has 0 spiro atoms. The van der Waals surface area contributed by atoms with Gasteiger partial charge in [-0.15, -0.1) is 24.8 Å². The number of aliphatic hydroxyl groups excluding tert-OH is 1. The van der Waals surface area contributed by atoms with Crippen molar-refractivity contribution in [2.75, 3.05) is 19.6 Å². The number of nitrogens with one attached hydrogen (secondary N) is 2. The van der Waals surface area contributed by atoms with Crippen molar-refractivity contribution in [3.8, 4) is 11.3 Å². The van der Waals surface area contributed by atoms with E-state index in [9.17, 15) is 9.90 Å². The molecule has 3 N–H and O–H groups in total. The molecule has 2 aromatic rings. The molecular weight excluding hydrogens is 377 g/mol. The van der Waals surface area contributed by atoms with Crippen LogP contribution in [0.3, 0.4) is 0 Å². The molecule has 1 aliphatic heterocycles. The van der Waals surface area contributed by atoms with Gasteiger partial charge in [0.1, 0.15) is 0 Å². The topological polar surface area (TPSA) is 87.4 Å². The van der Waals surface area contributed by atoms with Crippen LogP contribution < -0.4 is 10.6 Å². The van der Waals surface area contributed by atoms with Crippen molar-refractivity contribution in [2.45, 2.75) is 25.9 Å². The van der Waals surface area contributed by atoms with Crippen LogP contribution in [0.25, 0.3) is 11.3 Å². The normalized spacial score (nSPS) is 18.7. The molecule has 2 unspecified atom stereocenters. The Kier molecular flexibility index (Phi) is 9.08. The van der Waals surface area contributed by atoms with Crippen LogP contribution in [0.5, 0.6) is 0 Å².